The molecule has 0 saturated heterocycles. The van der Waals surface area contributed by atoms with Crippen LogP contribution in [0, 0.1) is 5.92 Å². The number of pyridine rings is 1. The monoisotopic (exact) mass is 359 g/mol. The van der Waals surface area contributed by atoms with Crippen LogP contribution in [0.5, 0.6) is 5.88 Å². The molecule has 1 aromatic rings. The van der Waals surface area contributed by atoms with E-state index in [0.717, 1.165) is 30.0 Å². The van der Waals surface area contributed by atoms with E-state index in [1.54, 1.807) is 0 Å². The van der Waals surface area contributed by atoms with E-state index in [1.807, 2.05) is 6.07 Å². The van der Waals surface area contributed by atoms with E-state index >= 15 is 0 Å². The number of nitrogens with one attached hydrogen (secondary N) is 1. The van der Waals surface area contributed by atoms with Crippen molar-refractivity contribution in [2.75, 3.05) is 0 Å². The predicted octanol–water partition coefficient (Wildman–Crippen LogP) is 6.07. The summed E-state index contributed by atoms with van der Waals surface area (Å²) >= 11 is 0. The number of fused-ring (bicyclic) bond motifs is 3. The SMILES string of the molecule is CCCCCCC(C)(C)c1cc(=O)c2c([nH]1)OC(C)(C)C1CCCC[C@H]21. The van der Waals surface area contributed by atoms with Crippen LogP contribution in [-0.4, -0.2) is 10.6 Å². The fourth-order valence-corrected chi connectivity index (χ4v) is 5.12. The van der Waals surface area contributed by atoms with Crippen LogP contribution in [0.4, 0.5) is 0 Å². The van der Waals surface area contributed by atoms with Gasteiger partial charge >= 0.3 is 0 Å². The van der Waals surface area contributed by atoms with Gasteiger partial charge in [-0.2, -0.15) is 0 Å². The normalized spacial score (nSPS) is 24.5. The Hall–Kier alpha value is -1.25. The van der Waals surface area contributed by atoms with Gasteiger partial charge in [-0.1, -0.05) is 59.3 Å². The lowest BCUT2D eigenvalue weighted by Crippen LogP contribution is -2.48. The van der Waals surface area contributed by atoms with Crippen molar-refractivity contribution in [3.8, 4) is 5.88 Å². The van der Waals surface area contributed by atoms with Crippen LogP contribution in [0.2, 0.25) is 0 Å². The molecule has 1 saturated carbocycles. The molecule has 0 radical (unpaired) electrons. The second-order valence-corrected chi connectivity index (χ2v) is 9.69. The van der Waals surface area contributed by atoms with Gasteiger partial charge in [-0.15, -0.1) is 0 Å². The van der Waals surface area contributed by atoms with Crippen LogP contribution >= 0.6 is 0 Å². The van der Waals surface area contributed by atoms with Gasteiger partial charge < -0.3 is 9.72 Å². The molecule has 2 aliphatic rings. The molecule has 0 bridgehead atoms. The summed E-state index contributed by atoms with van der Waals surface area (Å²) in [5.74, 6) is 1.56. The van der Waals surface area contributed by atoms with E-state index in [-0.39, 0.29) is 16.4 Å². The lowest BCUT2D eigenvalue weighted by Gasteiger charge is -2.47. The van der Waals surface area contributed by atoms with Crippen LogP contribution in [0.1, 0.15) is 110 Å². The standard InChI is InChI=1S/C23H37NO2/c1-6-7-8-11-14-22(2,3)19-15-18(25)20-16-12-9-10-13-17(16)23(4,5)26-21(20)24-19/h15-17H,6-14H2,1-5H3,(H,24,25)/t16-,17?/m0/s1. The molecule has 0 aromatic carbocycles. The van der Waals surface area contributed by atoms with Gasteiger partial charge in [-0.25, -0.2) is 0 Å². The Morgan fingerprint density at radius 1 is 1.19 bits per heavy atom. The van der Waals surface area contributed by atoms with E-state index in [1.165, 1.54) is 44.9 Å². The molecular weight excluding hydrogens is 322 g/mol. The number of hydrogen-bond donors (Lipinski definition) is 1. The quantitative estimate of drug-likeness (QED) is 0.627. The zero-order chi connectivity index (χ0) is 18.9. The number of aromatic nitrogens is 1. The summed E-state index contributed by atoms with van der Waals surface area (Å²) in [5.41, 5.74) is 1.90. The number of aromatic amines is 1. The van der Waals surface area contributed by atoms with E-state index in [4.69, 9.17) is 4.74 Å². The molecule has 2 atom stereocenters. The molecule has 3 nitrogen and oxygen atoms in total. The third kappa shape index (κ3) is 3.73. The maximum Gasteiger partial charge on any atom is 0.199 e. The molecule has 1 aromatic heterocycles. The van der Waals surface area contributed by atoms with E-state index < -0.39 is 0 Å². The van der Waals surface area contributed by atoms with Gasteiger partial charge in [0.15, 0.2) is 11.3 Å². The molecule has 3 rings (SSSR count). The molecule has 0 amide bonds. The molecule has 1 unspecified atom stereocenters. The highest BCUT2D eigenvalue weighted by Gasteiger charge is 2.46. The van der Waals surface area contributed by atoms with Crippen molar-refractivity contribution in [3.05, 3.63) is 27.5 Å². The van der Waals surface area contributed by atoms with Gasteiger partial charge in [0.25, 0.3) is 0 Å². The lowest BCUT2D eigenvalue weighted by atomic mass is 9.67. The van der Waals surface area contributed by atoms with Gasteiger partial charge in [0.2, 0.25) is 0 Å². The number of hydrogen-bond acceptors (Lipinski definition) is 2. The summed E-state index contributed by atoms with van der Waals surface area (Å²) in [6.07, 6.45) is 10.9. The van der Waals surface area contributed by atoms with Gasteiger partial charge in [-0.05, 0) is 39.0 Å². The van der Waals surface area contributed by atoms with E-state index in [0.29, 0.717) is 11.8 Å². The highest BCUT2D eigenvalue weighted by Crippen LogP contribution is 2.50. The van der Waals surface area contributed by atoms with Crippen molar-refractivity contribution in [2.45, 2.75) is 109 Å². The number of H-pyrrole nitrogens is 1. The number of unbranched alkanes of at least 4 members (excludes halogenated alkanes) is 3. The van der Waals surface area contributed by atoms with Gasteiger partial charge in [0, 0.05) is 23.1 Å². The van der Waals surface area contributed by atoms with Crippen molar-refractivity contribution in [1.82, 2.24) is 4.98 Å². The Kier molecular flexibility index (Phi) is 5.55. The van der Waals surface area contributed by atoms with E-state index in [2.05, 4.69) is 39.6 Å². The Balaban J connectivity index is 1.91. The number of rotatable bonds is 6. The maximum absolute atomic E-state index is 13.1. The molecule has 26 heavy (non-hydrogen) atoms. The van der Waals surface area contributed by atoms with Crippen molar-refractivity contribution >= 4 is 0 Å². The first-order chi connectivity index (χ1) is 12.3. The highest BCUT2D eigenvalue weighted by atomic mass is 16.5. The molecule has 3 heteroatoms. The van der Waals surface area contributed by atoms with Crippen LogP contribution in [0.25, 0.3) is 0 Å². The molecule has 1 aliphatic heterocycles. The van der Waals surface area contributed by atoms with Crippen molar-refractivity contribution < 1.29 is 4.74 Å². The Labute approximate surface area is 158 Å². The molecule has 1 N–H and O–H groups in total. The van der Waals surface area contributed by atoms with E-state index in [9.17, 15) is 4.79 Å². The first kappa shape index (κ1) is 19.5. The summed E-state index contributed by atoms with van der Waals surface area (Å²) in [6.45, 7) is 11.1. The van der Waals surface area contributed by atoms with Gasteiger partial charge in [-0.3, -0.25) is 4.79 Å². The molecule has 0 spiro atoms. The zero-order valence-electron chi connectivity index (χ0n) is 17.4. The third-order valence-electron chi connectivity index (χ3n) is 6.81. The fourth-order valence-electron chi connectivity index (χ4n) is 5.12. The molecule has 1 fully saturated rings. The van der Waals surface area contributed by atoms with Crippen LogP contribution in [-0.2, 0) is 5.41 Å². The first-order valence-electron chi connectivity index (χ1n) is 10.7. The summed E-state index contributed by atoms with van der Waals surface area (Å²) in [5, 5.41) is 0. The first-order valence-corrected chi connectivity index (χ1v) is 10.7. The Morgan fingerprint density at radius 2 is 1.92 bits per heavy atom. The average molecular weight is 360 g/mol. The van der Waals surface area contributed by atoms with Crippen LogP contribution in [0.3, 0.4) is 0 Å². The van der Waals surface area contributed by atoms with Gasteiger partial charge in [0.1, 0.15) is 5.60 Å². The summed E-state index contributed by atoms with van der Waals surface area (Å²) in [4.78, 5) is 16.6. The third-order valence-corrected chi connectivity index (χ3v) is 6.81. The second kappa shape index (κ2) is 7.40. The molecule has 146 valence electrons. The average Bonchev–Trinajstić information content (AvgIpc) is 2.58. The second-order valence-electron chi connectivity index (χ2n) is 9.69. The Morgan fingerprint density at radius 3 is 2.65 bits per heavy atom. The van der Waals surface area contributed by atoms with Crippen molar-refractivity contribution in [3.63, 3.8) is 0 Å². The summed E-state index contributed by atoms with van der Waals surface area (Å²) in [6, 6.07) is 1.87. The minimum atomic E-state index is -0.203. The fraction of sp³-hybridized carbons (Fsp3) is 0.783. The molecular formula is C23H37NO2. The largest absolute Gasteiger partial charge is 0.472 e. The van der Waals surface area contributed by atoms with Gasteiger partial charge in [0.05, 0.1) is 5.56 Å². The number of ether oxygens (including phenoxy) is 1. The van der Waals surface area contributed by atoms with Crippen molar-refractivity contribution in [2.24, 2.45) is 5.92 Å². The predicted molar refractivity (Wildman–Crippen MR) is 108 cm³/mol. The summed E-state index contributed by atoms with van der Waals surface area (Å²) in [7, 11) is 0. The molecule has 1 aliphatic carbocycles. The van der Waals surface area contributed by atoms with Crippen LogP contribution < -0.4 is 10.2 Å². The minimum absolute atomic E-state index is 0.0289. The topological polar surface area (TPSA) is 42.1 Å². The zero-order valence-corrected chi connectivity index (χ0v) is 17.4. The smallest absolute Gasteiger partial charge is 0.199 e. The highest BCUT2D eigenvalue weighted by molar-refractivity contribution is 5.38. The lowest BCUT2D eigenvalue weighted by molar-refractivity contribution is -0.0114. The minimum Gasteiger partial charge on any atom is -0.472 e. The van der Waals surface area contributed by atoms with Crippen LogP contribution in [0.15, 0.2) is 10.9 Å². The Bertz CT molecular complexity index is 686. The summed E-state index contributed by atoms with van der Waals surface area (Å²) < 4.78 is 6.39. The maximum atomic E-state index is 13.1. The van der Waals surface area contributed by atoms with Crippen molar-refractivity contribution in [1.29, 1.82) is 0 Å². The molecule has 2 heterocycles.